The zero-order chi connectivity index (χ0) is 14.4. The number of ether oxygens (including phenoxy) is 2. The molecule has 5 heteroatoms. The van der Waals surface area contributed by atoms with Crippen molar-refractivity contribution in [3.05, 3.63) is 23.8 Å². The Bertz CT molecular complexity index is 492. The summed E-state index contributed by atoms with van der Waals surface area (Å²) in [5.41, 5.74) is 0.422. The van der Waals surface area contributed by atoms with Gasteiger partial charge >= 0.3 is 0 Å². The van der Waals surface area contributed by atoms with Gasteiger partial charge in [0.2, 0.25) is 0 Å². The second-order valence-electron chi connectivity index (χ2n) is 4.43. The lowest BCUT2D eigenvalue weighted by atomic mass is 10.2. The average molecular weight is 262 g/mol. The van der Waals surface area contributed by atoms with Crippen molar-refractivity contribution in [1.29, 1.82) is 5.26 Å². The van der Waals surface area contributed by atoms with E-state index in [1.807, 2.05) is 19.9 Å². The highest BCUT2D eigenvalue weighted by molar-refractivity contribution is 5.80. The van der Waals surface area contributed by atoms with Crippen LogP contribution in [0.4, 0.5) is 0 Å². The molecule has 1 unspecified atom stereocenters. The molecule has 5 nitrogen and oxygen atoms in total. The summed E-state index contributed by atoms with van der Waals surface area (Å²) in [5.74, 6) is 0.754. The van der Waals surface area contributed by atoms with Crippen LogP contribution in [0.5, 0.6) is 11.5 Å². The van der Waals surface area contributed by atoms with E-state index in [-0.39, 0.29) is 11.9 Å². The summed E-state index contributed by atoms with van der Waals surface area (Å²) in [7, 11) is 1.51. The molecule has 0 fully saturated rings. The van der Waals surface area contributed by atoms with Crippen LogP contribution in [-0.2, 0) is 4.79 Å². The van der Waals surface area contributed by atoms with Crippen LogP contribution in [0.25, 0.3) is 0 Å². The Labute approximate surface area is 113 Å². The van der Waals surface area contributed by atoms with Crippen LogP contribution in [0.15, 0.2) is 18.2 Å². The molecule has 19 heavy (non-hydrogen) atoms. The fourth-order valence-electron chi connectivity index (χ4n) is 1.48. The van der Waals surface area contributed by atoms with Gasteiger partial charge in [-0.25, -0.2) is 0 Å². The number of hydrogen-bond acceptors (Lipinski definition) is 4. The van der Waals surface area contributed by atoms with Crippen molar-refractivity contribution in [3.63, 3.8) is 0 Å². The highest BCUT2D eigenvalue weighted by atomic mass is 16.5. The number of nitrogens with one attached hydrogen (secondary N) is 1. The normalized spacial score (nSPS) is 11.6. The minimum Gasteiger partial charge on any atom is -0.497 e. The summed E-state index contributed by atoms with van der Waals surface area (Å²) in [5, 5.41) is 11.7. The second kappa shape index (κ2) is 6.64. The molecule has 0 radical (unpaired) electrons. The van der Waals surface area contributed by atoms with Crippen LogP contribution in [0.2, 0.25) is 0 Å². The first-order valence-corrected chi connectivity index (χ1v) is 6.02. The van der Waals surface area contributed by atoms with E-state index < -0.39 is 6.10 Å². The number of rotatable bonds is 5. The molecule has 0 aromatic heterocycles. The first-order chi connectivity index (χ1) is 8.96. The number of nitriles is 1. The lowest BCUT2D eigenvalue weighted by molar-refractivity contribution is -0.127. The zero-order valence-electron chi connectivity index (χ0n) is 11.6. The monoisotopic (exact) mass is 262 g/mol. The molecule has 0 spiro atoms. The number of carbonyl (C=O) groups is 1. The Kier molecular flexibility index (Phi) is 5.19. The average Bonchev–Trinajstić information content (AvgIpc) is 2.37. The van der Waals surface area contributed by atoms with Crippen LogP contribution in [0.1, 0.15) is 26.3 Å². The van der Waals surface area contributed by atoms with Crippen molar-refractivity contribution in [2.75, 3.05) is 7.11 Å². The van der Waals surface area contributed by atoms with Gasteiger partial charge in [0.05, 0.1) is 18.7 Å². The molecule has 0 saturated heterocycles. The molecule has 1 aromatic rings. The van der Waals surface area contributed by atoms with Gasteiger partial charge in [-0.1, -0.05) is 0 Å². The number of hydrogen-bond donors (Lipinski definition) is 1. The van der Waals surface area contributed by atoms with Crippen molar-refractivity contribution in [2.24, 2.45) is 0 Å². The Morgan fingerprint density at radius 3 is 2.42 bits per heavy atom. The van der Waals surface area contributed by atoms with Crippen LogP contribution in [0.3, 0.4) is 0 Å². The number of carbonyl (C=O) groups excluding carboxylic acids is 1. The van der Waals surface area contributed by atoms with Gasteiger partial charge < -0.3 is 14.8 Å². The maximum Gasteiger partial charge on any atom is 0.260 e. The first kappa shape index (κ1) is 14.8. The van der Waals surface area contributed by atoms with Gasteiger partial charge in [-0.05, 0) is 32.9 Å². The molecular weight excluding hydrogens is 244 g/mol. The maximum atomic E-state index is 11.7. The minimum absolute atomic E-state index is 0.0542. The van der Waals surface area contributed by atoms with Gasteiger partial charge in [0.1, 0.15) is 11.5 Å². The van der Waals surface area contributed by atoms with Crippen LogP contribution in [0, 0.1) is 11.3 Å². The van der Waals surface area contributed by atoms with Crippen molar-refractivity contribution >= 4 is 5.91 Å². The third kappa shape index (κ3) is 4.51. The third-order valence-corrected chi connectivity index (χ3v) is 2.36. The summed E-state index contributed by atoms with van der Waals surface area (Å²) >= 11 is 0. The molecule has 1 rings (SSSR count). The predicted octanol–water partition coefficient (Wildman–Crippen LogP) is 1.86. The topological polar surface area (TPSA) is 71.3 Å². The largest absolute Gasteiger partial charge is 0.497 e. The third-order valence-electron chi connectivity index (χ3n) is 2.36. The van der Waals surface area contributed by atoms with Crippen molar-refractivity contribution in [3.8, 4) is 17.6 Å². The Morgan fingerprint density at radius 1 is 1.26 bits per heavy atom. The Balaban J connectivity index is 2.81. The summed E-state index contributed by atoms with van der Waals surface area (Å²) in [6.45, 7) is 5.41. The minimum atomic E-state index is -0.638. The second-order valence-corrected chi connectivity index (χ2v) is 4.43. The molecule has 1 N–H and O–H groups in total. The summed E-state index contributed by atoms with van der Waals surface area (Å²) in [6.07, 6.45) is -0.638. The summed E-state index contributed by atoms with van der Waals surface area (Å²) in [6, 6.07) is 6.88. The molecule has 0 saturated carbocycles. The molecule has 102 valence electrons. The van der Waals surface area contributed by atoms with E-state index in [1.165, 1.54) is 7.11 Å². The molecule has 1 aromatic carbocycles. The van der Waals surface area contributed by atoms with E-state index in [0.717, 1.165) is 0 Å². The molecule has 0 bridgehead atoms. The van der Waals surface area contributed by atoms with Crippen LogP contribution in [-0.4, -0.2) is 25.2 Å². The molecule has 0 aliphatic heterocycles. The highest BCUT2D eigenvalue weighted by Gasteiger charge is 2.16. The van der Waals surface area contributed by atoms with E-state index in [4.69, 9.17) is 14.7 Å². The lowest BCUT2D eigenvalue weighted by Gasteiger charge is -2.17. The van der Waals surface area contributed by atoms with Crippen molar-refractivity contribution < 1.29 is 14.3 Å². The number of nitrogens with zero attached hydrogens (tertiary/aromatic N) is 1. The summed E-state index contributed by atoms with van der Waals surface area (Å²) in [4.78, 5) is 11.7. The van der Waals surface area contributed by atoms with Gasteiger partial charge in [-0.2, -0.15) is 5.26 Å². The molecule has 0 heterocycles. The van der Waals surface area contributed by atoms with Crippen molar-refractivity contribution in [2.45, 2.75) is 32.9 Å². The van der Waals surface area contributed by atoms with Crippen LogP contribution < -0.4 is 14.8 Å². The fraction of sp³-hybridized carbons (Fsp3) is 0.429. The molecule has 1 amide bonds. The molecule has 0 aliphatic carbocycles. The van der Waals surface area contributed by atoms with E-state index in [9.17, 15) is 4.79 Å². The van der Waals surface area contributed by atoms with E-state index in [2.05, 4.69) is 5.32 Å². The standard InChI is InChI=1S/C14H18N2O3/c1-9(2)16-14(17)10(3)19-13-6-11(8-15)5-12(7-13)18-4/h5-7,9-10H,1-4H3,(H,16,17). The van der Waals surface area contributed by atoms with Crippen molar-refractivity contribution in [1.82, 2.24) is 5.32 Å². The number of amides is 1. The van der Waals surface area contributed by atoms with E-state index in [1.54, 1.807) is 25.1 Å². The van der Waals surface area contributed by atoms with Crippen LogP contribution >= 0.6 is 0 Å². The molecule has 0 aliphatic rings. The van der Waals surface area contributed by atoms with Gasteiger partial charge in [0, 0.05) is 12.1 Å². The van der Waals surface area contributed by atoms with Gasteiger partial charge in [0.25, 0.3) is 5.91 Å². The maximum absolute atomic E-state index is 11.7. The Morgan fingerprint density at radius 2 is 1.89 bits per heavy atom. The quantitative estimate of drug-likeness (QED) is 0.879. The highest BCUT2D eigenvalue weighted by Crippen LogP contribution is 2.23. The summed E-state index contributed by atoms with van der Waals surface area (Å²) < 4.78 is 10.6. The SMILES string of the molecule is COc1cc(C#N)cc(OC(C)C(=O)NC(C)C)c1. The van der Waals surface area contributed by atoms with E-state index >= 15 is 0 Å². The number of methoxy groups -OCH3 is 1. The fourth-order valence-corrected chi connectivity index (χ4v) is 1.48. The zero-order valence-corrected chi connectivity index (χ0v) is 11.6. The molecule has 1 atom stereocenters. The first-order valence-electron chi connectivity index (χ1n) is 6.02. The molecular formula is C14H18N2O3. The predicted molar refractivity (Wildman–Crippen MR) is 71.1 cm³/mol. The smallest absolute Gasteiger partial charge is 0.260 e. The lowest BCUT2D eigenvalue weighted by Crippen LogP contribution is -2.40. The van der Waals surface area contributed by atoms with Gasteiger partial charge in [-0.3, -0.25) is 4.79 Å². The van der Waals surface area contributed by atoms with Gasteiger partial charge in [-0.15, -0.1) is 0 Å². The van der Waals surface area contributed by atoms with E-state index in [0.29, 0.717) is 17.1 Å². The number of benzene rings is 1. The Hall–Kier alpha value is -2.22. The van der Waals surface area contributed by atoms with Gasteiger partial charge in [0.15, 0.2) is 6.10 Å².